The van der Waals surface area contributed by atoms with Gasteiger partial charge in [0.1, 0.15) is 35.6 Å². The van der Waals surface area contributed by atoms with E-state index in [1.165, 1.54) is 4.90 Å². The summed E-state index contributed by atoms with van der Waals surface area (Å²) >= 11 is 0. The molecule has 5 atom stereocenters. The normalized spacial score (nSPS) is 22.0. The van der Waals surface area contributed by atoms with Gasteiger partial charge >= 0.3 is 18.4 Å². The molecule has 0 aliphatic carbocycles. The number of halogens is 3. The van der Waals surface area contributed by atoms with Gasteiger partial charge < -0.3 is 39.5 Å². The number of alkyl carbamates (subject to hydrolysis) is 1. The van der Waals surface area contributed by atoms with Gasteiger partial charge in [0.05, 0.1) is 48.6 Å². The molecule has 2 saturated heterocycles. The summed E-state index contributed by atoms with van der Waals surface area (Å²) in [6.07, 6.45) is -4.68. The Hall–Kier alpha value is -5.84. The van der Waals surface area contributed by atoms with Crippen molar-refractivity contribution in [1.82, 2.24) is 35.1 Å². The Bertz CT molecular complexity index is 2530. The minimum Gasteiger partial charge on any atom is -0.488 e. The number of carbonyl (C=O) groups excluding carboxylic acids is 2. The first-order chi connectivity index (χ1) is 28.8. The lowest BCUT2D eigenvalue weighted by Gasteiger charge is -2.45. The Morgan fingerprint density at radius 2 is 1.82 bits per heavy atom. The summed E-state index contributed by atoms with van der Waals surface area (Å²) in [6.45, 7) is 9.95. The molecule has 3 amide bonds. The first-order valence-corrected chi connectivity index (χ1v) is 20.3. The highest BCUT2D eigenvalue weighted by Crippen LogP contribution is 2.53. The molecule has 4 N–H and O–H groups in total. The predicted octanol–water partition coefficient (Wildman–Crippen LogP) is 8.39. The van der Waals surface area contributed by atoms with Gasteiger partial charge in [0.2, 0.25) is 5.91 Å². The van der Waals surface area contributed by atoms with Gasteiger partial charge in [-0.05, 0) is 70.5 Å². The van der Waals surface area contributed by atoms with E-state index in [9.17, 15) is 32.7 Å². The van der Waals surface area contributed by atoms with E-state index < -0.39 is 65.7 Å². The summed E-state index contributed by atoms with van der Waals surface area (Å²) in [7, 11) is 2.78. The molecule has 0 radical (unpaired) electrons. The van der Waals surface area contributed by atoms with Gasteiger partial charge in [0.15, 0.2) is 0 Å². The average molecular weight is 846 g/mol. The van der Waals surface area contributed by atoms with Gasteiger partial charge in [-0.3, -0.25) is 9.69 Å². The number of rotatable bonds is 8. The standard InChI is InChI=1S/C44H50F3N7O7/c1-22(2)35(52-40(56)60-7)38(55)53-19-27(44(45,46)47)14-33(53)37-48-17-32(49-37)25-8-10-28-26(12-25)21-61-34-15-29-24(13-30(28)34)9-11-31-36(29)51-39(50-31)43(42(3,4)5)16-23(20-59-6)18-54(43)41(57)58/h8-13,15,17,22-23,27,33,35H,14,16,18-21H2,1-7H3,(H,48,49)(H,50,51)(H,52,56)(H,57,58)/t23-,27-,33-,35-,43+/m0/s1. The highest BCUT2D eigenvalue weighted by atomic mass is 19.4. The maximum atomic E-state index is 14.1. The fourth-order valence-electron chi connectivity index (χ4n) is 9.65. The lowest BCUT2D eigenvalue weighted by Crippen LogP contribution is -2.53. The van der Waals surface area contributed by atoms with E-state index in [1.54, 1.807) is 27.2 Å². The molecule has 0 bridgehead atoms. The molecule has 0 unspecified atom stereocenters. The highest BCUT2D eigenvalue weighted by Gasteiger charge is 2.58. The lowest BCUT2D eigenvalue weighted by atomic mass is 9.70. The zero-order valence-electron chi connectivity index (χ0n) is 35.1. The largest absolute Gasteiger partial charge is 0.488 e. The quantitative estimate of drug-likeness (QED) is 0.120. The fraction of sp³-hybridized carbons (Fsp3) is 0.477. The first kappa shape index (κ1) is 41.9. The van der Waals surface area contributed by atoms with Crippen molar-refractivity contribution in [2.24, 2.45) is 23.2 Å². The Balaban J connectivity index is 1.10. The number of nitrogens with one attached hydrogen (secondary N) is 3. The van der Waals surface area contributed by atoms with E-state index >= 15 is 0 Å². The smallest absolute Gasteiger partial charge is 0.408 e. The number of benzene rings is 3. The van der Waals surface area contributed by atoms with E-state index in [2.05, 4.69) is 31.1 Å². The third kappa shape index (κ3) is 7.19. The number of hydrogen-bond donors (Lipinski definition) is 4. The summed E-state index contributed by atoms with van der Waals surface area (Å²) in [4.78, 5) is 57.5. The Morgan fingerprint density at radius 3 is 2.49 bits per heavy atom. The van der Waals surface area contributed by atoms with E-state index in [-0.39, 0.29) is 24.8 Å². The van der Waals surface area contributed by atoms with E-state index in [4.69, 9.17) is 14.5 Å². The number of carbonyl (C=O) groups is 3. The van der Waals surface area contributed by atoms with Crippen LogP contribution < -0.4 is 10.1 Å². The lowest BCUT2D eigenvalue weighted by molar-refractivity contribution is -0.171. The minimum atomic E-state index is -4.54. The fourth-order valence-corrected chi connectivity index (χ4v) is 9.65. The van der Waals surface area contributed by atoms with Crippen LogP contribution in [-0.4, -0.2) is 99.1 Å². The number of methoxy groups -OCH3 is 2. The van der Waals surface area contributed by atoms with E-state index in [0.717, 1.165) is 50.6 Å². The van der Waals surface area contributed by atoms with Gasteiger partial charge in [-0.1, -0.05) is 52.8 Å². The van der Waals surface area contributed by atoms with Crippen molar-refractivity contribution in [3.05, 3.63) is 65.9 Å². The van der Waals surface area contributed by atoms with Crippen LogP contribution in [0.3, 0.4) is 0 Å². The number of aromatic nitrogens is 4. The summed E-state index contributed by atoms with van der Waals surface area (Å²) in [5.74, 6) is -1.37. The molecule has 3 aromatic carbocycles. The Kier molecular flexibility index (Phi) is 10.5. The Morgan fingerprint density at radius 1 is 1.05 bits per heavy atom. The third-order valence-corrected chi connectivity index (χ3v) is 12.8. The summed E-state index contributed by atoms with van der Waals surface area (Å²) in [5, 5.41) is 14.7. The van der Waals surface area contributed by atoms with Crippen LogP contribution in [0.25, 0.3) is 44.2 Å². The summed E-state index contributed by atoms with van der Waals surface area (Å²) in [5.41, 5.74) is 4.07. The number of ether oxygens (including phenoxy) is 3. The number of aromatic amines is 2. The molecular formula is C44H50F3N7O7. The minimum absolute atomic E-state index is 0.00167. The monoisotopic (exact) mass is 845 g/mol. The number of hydrogen-bond acceptors (Lipinski definition) is 8. The van der Waals surface area contributed by atoms with Crippen molar-refractivity contribution in [2.45, 2.75) is 77.9 Å². The maximum Gasteiger partial charge on any atom is 0.408 e. The molecule has 14 nitrogen and oxygen atoms in total. The SMILES string of the molecule is COC[C@@H]1CN(C(=O)O)[C@](c2nc3ccc4cc5c(cc4c3[nH]2)OCc2cc(-c3cnc([C@@H]4C[C@H](C(F)(F)F)CN4C(=O)[C@@H](NC(=O)OC)C(C)C)[nH]3)ccc2-5)(C(C)(C)C)C1. The number of amides is 3. The average Bonchev–Trinajstić information content (AvgIpc) is 4.03. The second-order valence-electron chi connectivity index (χ2n) is 17.8. The van der Waals surface area contributed by atoms with Gasteiger partial charge in [-0.25, -0.2) is 19.6 Å². The molecule has 0 spiro atoms. The second-order valence-corrected chi connectivity index (χ2v) is 17.8. The van der Waals surface area contributed by atoms with Crippen LogP contribution in [0.5, 0.6) is 5.75 Å². The number of H-pyrrole nitrogens is 2. The van der Waals surface area contributed by atoms with Crippen LogP contribution in [0.1, 0.15) is 70.7 Å². The van der Waals surface area contributed by atoms with Crippen LogP contribution in [0.4, 0.5) is 22.8 Å². The number of nitrogens with zero attached hydrogens (tertiary/aromatic N) is 4. The summed E-state index contributed by atoms with van der Waals surface area (Å²) in [6, 6.07) is 11.7. The molecule has 0 saturated carbocycles. The molecule has 17 heteroatoms. The van der Waals surface area contributed by atoms with Crippen molar-refractivity contribution >= 4 is 39.9 Å². The number of imidazole rings is 2. The first-order valence-electron chi connectivity index (χ1n) is 20.3. The van der Waals surface area contributed by atoms with Crippen molar-refractivity contribution < 1.29 is 46.9 Å². The van der Waals surface area contributed by atoms with Crippen molar-refractivity contribution in [3.8, 4) is 28.1 Å². The molecule has 5 aromatic rings. The number of likely N-dealkylation sites (tertiary alicyclic amines) is 2. The van der Waals surface area contributed by atoms with Crippen molar-refractivity contribution in [2.75, 3.05) is 33.9 Å². The molecule has 3 aliphatic heterocycles. The maximum absolute atomic E-state index is 14.1. The molecule has 324 valence electrons. The van der Waals surface area contributed by atoms with Gasteiger partial charge in [0, 0.05) is 37.1 Å². The topological polar surface area (TPSA) is 175 Å². The molecule has 3 aliphatic rings. The van der Waals surface area contributed by atoms with Gasteiger partial charge in [-0.2, -0.15) is 13.2 Å². The van der Waals surface area contributed by atoms with Gasteiger partial charge in [0.25, 0.3) is 0 Å². The second kappa shape index (κ2) is 15.3. The van der Waals surface area contributed by atoms with E-state index in [0.29, 0.717) is 42.4 Å². The van der Waals surface area contributed by atoms with Crippen LogP contribution in [0, 0.1) is 23.2 Å². The van der Waals surface area contributed by atoms with Crippen molar-refractivity contribution in [3.63, 3.8) is 0 Å². The number of alkyl halides is 3. The predicted molar refractivity (Wildman–Crippen MR) is 220 cm³/mol. The molecule has 5 heterocycles. The van der Waals surface area contributed by atoms with Crippen LogP contribution >= 0.6 is 0 Å². The molecule has 61 heavy (non-hydrogen) atoms. The Labute approximate surface area is 350 Å². The van der Waals surface area contributed by atoms with Crippen molar-refractivity contribution in [1.29, 1.82) is 0 Å². The summed E-state index contributed by atoms with van der Waals surface area (Å²) < 4.78 is 58.8. The number of fused-ring (bicyclic) bond motifs is 6. The van der Waals surface area contributed by atoms with Crippen LogP contribution in [0.15, 0.2) is 48.7 Å². The molecule has 8 rings (SSSR count). The highest BCUT2D eigenvalue weighted by molar-refractivity contribution is 6.07. The zero-order chi connectivity index (χ0) is 43.8. The molecule has 2 fully saturated rings. The van der Waals surface area contributed by atoms with Gasteiger partial charge in [-0.15, -0.1) is 0 Å². The number of carboxylic acid groups (broad SMARTS) is 1. The third-order valence-electron chi connectivity index (χ3n) is 12.8. The van der Waals surface area contributed by atoms with E-state index in [1.807, 2.05) is 57.2 Å². The molecular weight excluding hydrogens is 796 g/mol. The molecule has 2 aromatic heterocycles. The zero-order valence-corrected chi connectivity index (χ0v) is 35.1. The van der Waals surface area contributed by atoms with Crippen LogP contribution in [-0.2, 0) is 26.4 Å². The van der Waals surface area contributed by atoms with Crippen LogP contribution in [0.2, 0.25) is 0 Å².